The summed E-state index contributed by atoms with van der Waals surface area (Å²) < 4.78 is 0. The lowest BCUT2D eigenvalue weighted by molar-refractivity contribution is -0.121. The van der Waals surface area contributed by atoms with E-state index in [0.717, 1.165) is 44.4 Å². The first-order chi connectivity index (χ1) is 13.7. The van der Waals surface area contributed by atoms with E-state index >= 15 is 0 Å². The zero-order valence-electron chi connectivity index (χ0n) is 18.5. The molecule has 29 heavy (non-hydrogen) atoms. The summed E-state index contributed by atoms with van der Waals surface area (Å²) in [5.41, 5.74) is 0. The molecule has 168 valence electrons. The smallest absolute Gasteiger partial charge is 0.220 e. The number of halogens is 1. The van der Waals surface area contributed by atoms with Gasteiger partial charge in [-0.1, -0.05) is 19.3 Å². The number of amides is 1. The maximum atomic E-state index is 11.6. The Morgan fingerprint density at radius 3 is 2.34 bits per heavy atom. The van der Waals surface area contributed by atoms with Crippen molar-refractivity contribution < 1.29 is 4.79 Å². The van der Waals surface area contributed by atoms with E-state index in [4.69, 9.17) is 0 Å². The molecule has 0 radical (unpaired) electrons. The molecule has 1 atom stereocenters. The summed E-state index contributed by atoms with van der Waals surface area (Å²) in [5.74, 6) is 2.64. The van der Waals surface area contributed by atoms with Crippen molar-refractivity contribution in [1.29, 1.82) is 0 Å². The molecule has 1 unspecified atom stereocenters. The van der Waals surface area contributed by atoms with E-state index in [0.29, 0.717) is 18.4 Å². The van der Waals surface area contributed by atoms with Crippen LogP contribution in [0.3, 0.4) is 0 Å². The molecule has 1 saturated carbocycles. The second kappa shape index (κ2) is 13.0. The molecule has 2 N–H and O–H groups in total. The molecule has 1 aliphatic carbocycles. The molecule has 3 rings (SSSR count). The van der Waals surface area contributed by atoms with Crippen molar-refractivity contribution in [3.05, 3.63) is 0 Å². The Hall–Kier alpha value is -0.570. The molecule has 0 aromatic rings. The van der Waals surface area contributed by atoms with E-state index < -0.39 is 0 Å². The maximum Gasteiger partial charge on any atom is 0.220 e. The van der Waals surface area contributed by atoms with Crippen LogP contribution in [0.25, 0.3) is 0 Å². The van der Waals surface area contributed by atoms with Gasteiger partial charge in [-0.15, -0.1) is 24.0 Å². The Balaban J connectivity index is 0.00000300. The molecule has 3 aliphatic rings. The molecule has 3 fully saturated rings. The molecule has 0 bridgehead atoms. The molecule has 0 spiro atoms. The van der Waals surface area contributed by atoms with Crippen LogP contribution in [0.2, 0.25) is 0 Å². The second-order valence-corrected chi connectivity index (χ2v) is 9.03. The third-order valence-corrected chi connectivity index (χ3v) is 7.09. The fraction of sp³-hybridized carbons (Fsp3) is 0.909. The normalized spacial score (nSPS) is 25.0. The summed E-state index contributed by atoms with van der Waals surface area (Å²) in [6.07, 6.45) is 12.6. The van der Waals surface area contributed by atoms with Crippen LogP contribution >= 0.6 is 24.0 Å². The molecule has 1 amide bonds. The summed E-state index contributed by atoms with van der Waals surface area (Å²) in [4.78, 5) is 21.3. The number of carbonyl (C=O) groups is 1. The van der Waals surface area contributed by atoms with Crippen molar-refractivity contribution in [2.24, 2.45) is 16.8 Å². The number of rotatable bonds is 6. The standard InChI is InChI=1S/C22H41N5O.HI/c1-23-21(28)15-18-10-13-26(14-11-18)22(24-2)25-16-20-9-6-12-27(20)17-19-7-4-3-5-8-19;/h18-20H,3-17H2,1-2H3,(H,23,28)(H,24,25);1H. The summed E-state index contributed by atoms with van der Waals surface area (Å²) in [6, 6.07) is 0.657. The van der Waals surface area contributed by atoms with Gasteiger partial charge in [0.2, 0.25) is 5.91 Å². The Morgan fingerprint density at radius 2 is 1.69 bits per heavy atom. The minimum Gasteiger partial charge on any atom is -0.359 e. The molecule has 6 nitrogen and oxygen atoms in total. The summed E-state index contributed by atoms with van der Waals surface area (Å²) in [6.45, 7) is 5.58. The van der Waals surface area contributed by atoms with Crippen molar-refractivity contribution in [3.8, 4) is 0 Å². The summed E-state index contributed by atoms with van der Waals surface area (Å²) in [5, 5.41) is 6.42. The van der Waals surface area contributed by atoms with Gasteiger partial charge in [0.25, 0.3) is 0 Å². The van der Waals surface area contributed by atoms with Crippen molar-refractivity contribution in [2.75, 3.05) is 46.8 Å². The monoisotopic (exact) mass is 519 g/mol. The Morgan fingerprint density at radius 1 is 0.966 bits per heavy atom. The molecule has 0 aromatic carbocycles. The third kappa shape index (κ3) is 7.56. The number of hydrogen-bond acceptors (Lipinski definition) is 3. The molecule has 0 aromatic heterocycles. The topological polar surface area (TPSA) is 60.0 Å². The van der Waals surface area contributed by atoms with Crippen molar-refractivity contribution in [2.45, 2.75) is 70.3 Å². The predicted octanol–water partition coefficient (Wildman–Crippen LogP) is 3.07. The lowest BCUT2D eigenvalue weighted by Crippen LogP contribution is -2.49. The van der Waals surface area contributed by atoms with E-state index in [9.17, 15) is 4.79 Å². The largest absolute Gasteiger partial charge is 0.359 e. The lowest BCUT2D eigenvalue weighted by atomic mass is 9.89. The first-order valence-electron chi connectivity index (χ1n) is 11.6. The zero-order chi connectivity index (χ0) is 19.8. The van der Waals surface area contributed by atoms with E-state index in [1.54, 1.807) is 7.05 Å². The lowest BCUT2D eigenvalue weighted by Gasteiger charge is -2.35. The van der Waals surface area contributed by atoms with Gasteiger partial charge < -0.3 is 15.5 Å². The molecular weight excluding hydrogens is 477 g/mol. The molecule has 2 saturated heterocycles. The molecular formula is C22H42IN5O. The highest BCUT2D eigenvalue weighted by molar-refractivity contribution is 14.0. The number of hydrogen-bond donors (Lipinski definition) is 2. The molecule has 7 heteroatoms. The number of piperidine rings is 1. The minimum atomic E-state index is 0. The van der Waals surface area contributed by atoms with Crippen LogP contribution in [0.5, 0.6) is 0 Å². The number of aliphatic imine (C=N–C) groups is 1. The number of carbonyl (C=O) groups excluding carboxylic acids is 1. The van der Waals surface area contributed by atoms with Gasteiger partial charge in [-0.2, -0.15) is 0 Å². The fourth-order valence-electron chi connectivity index (χ4n) is 5.32. The van der Waals surface area contributed by atoms with E-state index in [2.05, 4.69) is 25.4 Å². The van der Waals surface area contributed by atoms with E-state index in [-0.39, 0.29) is 29.9 Å². The summed E-state index contributed by atoms with van der Waals surface area (Å²) >= 11 is 0. The Kier molecular flexibility index (Phi) is 11.0. The van der Waals surface area contributed by atoms with E-state index in [1.165, 1.54) is 58.0 Å². The molecule has 2 aliphatic heterocycles. The van der Waals surface area contributed by atoms with Crippen LogP contribution < -0.4 is 10.6 Å². The first kappa shape index (κ1) is 24.7. The van der Waals surface area contributed by atoms with Gasteiger partial charge in [-0.05, 0) is 56.9 Å². The quantitative estimate of drug-likeness (QED) is 0.322. The van der Waals surface area contributed by atoms with Gasteiger partial charge in [0.05, 0.1) is 0 Å². The second-order valence-electron chi connectivity index (χ2n) is 9.03. The number of nitrogens with zero attached hydrogens (tertiary/aromatic N) is 3. The minimum absolute atomic E-state index is 0. The van der Waals surface area contributed by atoms with Gasteiger partial charge in [0, 0.05) is 52.7 Å². The van der Waals surface area contributed by atoms with Crippen LogP contribution in [-0.4, -0.2) is 74.5 Å². The van der Waals surface area contributed by atoms with Gasteiger partial charge >= 0.3 is 0 Å². The molecule has 2 heterocycles. The van der Waals surface area contributed by atoms with Crippen molar-refractivity contribution in [3.63, 3.8) is 0 Å². The average Bonchev–Trinajstić information content (AvgIpc) is 3.17. The van der Waals surface area contributed by atoms with Crippen LogP contribution in [0.15, 0.2) is 4.99 Å². The van der Waals surface area contributed by atoms with Crippen LogP contribution in [0, 0.1) is 11.8 Å². The SMILES string of the molecule is CN=C(NCC1CCCN1CC1CCCCC1)N1CCC(CC(=O)NC)CC1.I. The van der Waals surface area contributed by atoms with Crippen molar-refractivity contribution >= 4 is 35.8 Å². The highest BCUT2D eigenvalue weighted by Gasteiger charge is 2.28. The van der Waals surface area contributed by atoms with Gasteiger partial charge in [-0.3, -0.25) is 14.7 Å². The fourth-order valence-corrected chi connectivity index (χ4v) is 5.32. The Bertz CT molecular complexity index is 515. The van der Waals surface area contributed by atoms with Crippen LogP contribution in [-0.2, 0) is 4.79 Å². The van der Waals surface area contributed by atoms with Crippen molar-refractivity contribution in [1.82, 2.24) is 20.4 Å². The average molecular weight is 520 g/mol. The predicted molar refractivity (Wildman–Crippen MR) is 131 cm³/mol. The van der Waals surface area contributed by atoms with Gasteiger partial charge in [-0.25, -0.2) is 0 Å². The third-order valence-electron chi connectivity index (χ3n) is 7.09. The number of nitrogens with one attached hydrogen (secondary N) is 2. The summed E-state index contributed by atoms with van der Waals surface area (Å²) in [7, 11) is 3.62. The highest BCUT2D eigenvalue weighted by atomic mass is 127. The van der Waals surface area contributed by atoms with Crippen LogP contribution in [0.4, 0.5) is 0 Å². The van der Waals surface area contributed by atoms with Crippen LogP contribution in [0.1, 0.15) is 64.2 Å². The number of guanidine groups is 1. The Labute approximate surface area is 194 Å². The van der Waals surface area contributed by atoms with E-state index in [1.807, 2.05) is 7.05 Å². The first-order valence-corrected chi connectivity index (χ1v) is 11.6. The highest BCUT2D eigenvalue weighted by Crippen LogP contribution is 2.27. The van der Waals surface area contributed by atoms with Gasteiger partial charge in [0.1, 0.15) is 0 Å². The maximum absolute atomic E-state index is 11.6. The zero-order valence-corrected chi connectivity index (χ0v) is 20.8. The number of likely N-dealkylation sites (tertiary alicyclic amines) is 2. The van der Waals surface area contributed by atoms with Gasteiger partial charge in [0.15, 0.2) is 5.96 Å².